The van der Waals surface area contributed by atoms with Gasteiger partial charge in [-0.2, -0.15) is 5.10 Å². The van der Waals surface area contributed by atoms with Crippen LogP contribution in [-0.2, 0) is 11.3 Å². The van der Waals surface area contributed by atoms with Crippen molar-refractivity contribution < 1.29 is 14.3 Å². The van der Waals surface area contributed by atoms with Crippen molar-refractivity contribution in [3.05, 3.63) is 47.8 Å². The van der Waals surface area contributed by atoms with Crippen molar-refractivity contribution in [2.75, 3.05) is 39.8 Å². The summed E-state index contributed by atoms with van der Waals surface area (Å²) in [5.74, 6) is 0.925. The molecule has 3 heterocycles. The van der Waals surface area contributed by atoms with E-state index < -0.39 is 0 Å². The molecule has 2 fully saturated rings. The molecule has 0 bridgehead atoms. The van der Waals surface area contributed by atoms with Gasteiger partial charge in [0.25, 0.3) is 5.91 Å². The Morgan fingerprint density at radius 2 is 2.07 bits per heavy atom. The number of piperidine rings is 1. The lowest BCUT2D eigenvalue weighted by Crippen LogP contribution is -2.57. The van der Waals surface area contributed by atoms with Crippen LogP contribution in [0.2, 0.25) is 0 Å². The first kappa shape index (κ1) is 22.1. The van der Waals surface area contributed by atoms with Gasteiger partial charge < -0.3 is 19.9 Å². The van der Waals surface area contributed by atoms with Crippen molar-refractivity contribution in [2.24, 2.45) is 0 Å². The van der Waals surface area contributed by atoms with Crippen LogP contribution in [0.25, 0.3) is 0 Å². The molecular weight excluding hydrogens is 406 g/mol. The molecule has 0 radical (unpaired) electrons. The number of carbonyl (C=O) groups excluding carboxylic acids is 2. The number of nitrogens with one attached hydrogen (secondary N) is 1. The molecule has 2 aliphatic heterocycles. The van der Waals surface area contributed by atoms with E-state index in [2.05, 4.69) is 10.4 Å². The maximum atomic E-state index is 13.0. The molecular formula is C21H28ClN5O3. The Hall–Kier alpha value is -2.58. The fourth-order valence-electron chi connectivity index (χ4n) is 4.06. The van der Waals surface area contributed by atoms with Crippen LogP contribution < -0.4 is 10.1 Å². The van der Waals surface area contributed by atoms with Crippen molar-refractivity contribution in [2.45, 2.75) is 25.4 Å². The number of rotatable bonds is 5. The summed E-state index contributed by atoms with van der Waals surface area (Å²) in [6.45, 7) is 3.82. The molecule has 4 rings (SSSR count). The number of piperazine rings is 1. The van der Waals surface area contributed by atoms with E-state index in [1.165, 1.54) is 0 Å². The molecule has 0 aliphatic carbocycles. The molecule has 0 saturated carbocycles. The molecule has 2 aromatic rings. The number of aromatic nitrogens is 2. The molecule has 1 atom stereocenters. The van der Waals surface area contributed by atoms with Gasteiger partial charge in [-0.15, -0.1) is 12.4 Å². The van der Waals surface area contributed by atoms with E-state index in [0.29, 0.717) is 31.7 Å². The highest BCUT2D eigenvalue weighted by molar-refractivity contribution is 5.94. The van der Waals surface area contributed by atoms with Crippen LogP contribution in [0.1, 0.15) is 28.8 Å². The van der Waals surface area contributed by atoms with Gasteiger partial charge >= 0.3 is 0 Å². The number of ether oxygens (including phenoxy) is 1. The van der Waals surface area contributed by atoms with E-state index in [0.717, 1.165) is 37.2 Å². The van der Waals surface area contributed by atoms with Crippen LogP contribution in [-0.4, -0.2) is 77.3 Å². The third kappa shape index (κ3) is 4.94. The van der Waals surface area contributed by atoms with Gasteiger partial charge in [-0.1, -0.05) is 12.1 Å². The summed E-state index contributed by atoms with van der Waals surface area (Å²) in [4.78, 5) is 29.0. The highest BCUT2D eigenvalue weighted by Crippen LogP contribution is 2.19. The van der Waals surface area contributed by atoms with E-state index in [-0.39, 0.29) is 30.3 Å². The number of methoxy groups -OCH3 is 1. The average molecular weight is 434 g/mol. The molecule has 1 aromatic carbocycles. The van der Waals surface area contributed by atoms with Crippen molar-refractivity contribution in [1.29, 1.82) is 0 Å². The zero-order chi connectivity index (χ0) is 20.2. The number of likely N-dealkylation sites (tertiary alicyclic amines) is 1. The summed E-state index contributed by atoms with van der Waals surface area (Å²) < 4.78 is 6.95. The minimum absolute atomic E-state index is 0. The first-order valence-corrected chi connectivity index (χ1v) is 10.1. The molecule has 1 aromatic heterocycles. The van der Waals surface area contributed by atoms with E-state index in [4.69, 9.17) is 4.74 Å². The lowest BCUT2D eigenvalue weighted by atomic mass is 10.0. The van der Waals surface area contributed by atoms with Gasteiger partial charge in [0.1, 0.15) is 5.75 Å². The van der Waals surface area contributed by atoms with Crippen LogP contribution in [0.4, 0.5) is 0 Å². The molecule has 1 unspecified atom stereocenters. The second-order valence-corrected chi connectivity index (χ2v) is 7.59. The Balaban J connectivity index is 0.00000256. The maximum Gasteiger partial charge on any atom is 0.257 e. The molecule has 1 N–H and O–H groups in total. The maximum absolute atomic E-state index is 13.0. The first-order chi connectivity index (χ1) is 14.1. The summed E-state index contributed by atoms with van der Waals surface area (Å²) in [7, 11) is 1.64. The highest BCUT2D eigenvalue weighted by Gasteiger charge is 2.32. The van der Waals surface area contributed by atoms with Crippen LogP contribution in [0.3, 0.4) is 0 Å². The smallest absolute Gasteiger partial charge is 0.257 e. The first-order valence-electron chi connectivity index (χ1n) is 10.1. The summed E-state index contributed by atoms with van der Waals surface area (Å²) in [6.07, 6.45) is 5.29. The number of nitrogens with zero attached hydrogens (tertiary/aromatic N) is 4. The third-order valence-electron chi connectivity index (χ3n) is 5.63. The molecule has 2 aliphatic rings. The largest absolute Gasteiger partial charge is 0.497 e. The molecule has 2 amide bonds. The zero-order valence-electron chi connectivity index (χ0n) is 17.1. The standard InChI is InChI=1S/C21H27N5O3.ClH/c1-29-19-6-4-16(5-7-19)13-25-14-17(11-23-25)21(28)24-9-2-3-18(15-24)26-10-8-22-12-20(26)27;/h4-7,11,14,18,22H,2-3,8-10,12-13,15H2,1H3;1H. The Morgan fingerprint density at radius 3 is 2.80 bits per heavy atom. The number of halogens is 1. The highest BCUT2D eigenvalue weighted by atomic mass is 35.5. The van der Waals surface area contributed by atoms with E-state index in [1.807, 2.05) is 34.1 Å². The van der Waals surface area contributed by atoms with Gasteiger partial charge in [0, 0.05) is 38.4 Å². The zero-order valence-corrected chi connectivity index (χ0v) is 17.9. The van der Waals surface area contributed by atoms with Crippen molar-refractivity contribution in [3.63, 3.8) is 0 Å². The molecule has 9 heteroatoms. The van der Waals surface area contributed by atoms with Gasteiger partial charge in [0.05, 0.1) is 32.0 Å². The molecule has 30 heavy (non-hydrogen) atoms. The van der Waals surface area contributed by atoms with Gasteiger partial charge in [0.2, 0.25) is 5.91 Å². The van der Waals surface area contributed by atoms with Gasteiger partial charge in [0.15, 0.2) is 0 Å². The van der Waals surface area contributed by atoms with Gasteiger partial charge in [-0.05, 0) is 30.5 Å². The van der Waals surface area contributed by atoms with Crippen molar-refractivity contribution in [3.8, 4) is 5.75 Å². The Labute approximate surface area is 182 Å². The summed E-state index contributed by atoms with van der Waals surface area (Å²) in [5, 5.41) is 7.46. The summed E-state index contributed by atoms with van der Waals surface area (Å²) >= 11 is 0. The monoisotopic (exact) mass is 433 g/mol. The third-order valence-corrected chi connectivity index (χ3v) is 5.63. The summed E-state index contributed by atoms with van der Waals surface area (Å²) in [6, 6.07) is 7.91. The second kappa shape index (κ2) is 9.95. The minimum Gasteiger partial charge on any atom is -0.497 e. The van der Waals surface area contributed by atoms with Crippen LogP contribution in [0.5, 0.6) is 5.75 Å². The Bertz CT molecular complexity index is 870. The van der Waals surface area contributed by atoms with Crippen molar-refractivity contribution in [1.82, 2.24) is 24.9 Å². The van der Waals surface area contributed by atoms with E-state index in [9.17, 15) is 9.59 Å². The van der Waals surface area contributed by atoms with E-state index >= 15 is 0 Å². The second-order valence-electron chi connectivity index (χ2n) is 7.59. The van der Waals surface area contributed by atoms with Crippen molar-refractivity contribution >= 4 is 24.2 Å². The lowest BCUT2D eigenvalue weighted by molar-refractivity contribution is -0.135. The molecule has 8 nitrogen and oxygen atoms in total. The molecule has 0 spiro atoms. The van der Waals surface area contributed by atoms with Crippen LogP contribution in [0, 0.1) is 0 Å². The number of amides is 2. The quantitative estimate of drug-likeness (QED) is 0.771. The fraction of sp³-hybridized carbons (Fsp3) is 0.476. The fourth-order valence-corrected chi connectivity index (χ4v) is 4.06. The van der Waals surface area contributed by atoms with Gasteiger partial charge in [-0.3, -0.25) is 14.3 Å². The number of hydrogen-bond acceptors (Lipinski definition) is 5. The topological polar surface area (TPSA) is 79.7 Å². The Morgan fingerprint density at radius 1 is 1.27 bits per heavy atom. The van der Waals surface area contributed by atoms with E-state index in [1.54, 1.807) is 24.2 Å². The normalized spacial score (nSPS) is 19.4. The predicted molar refractivity (Wildman–Crippen MR) is 115 cm³/mol. The SMILES string of the molecule is COc1ccc(Cn2cc(C(=O)N3CCCC(N4CCNCC4=O)C3)cn2)cc1.Cl. The number of carbonyl (C=O) groups is 2. The van der Waals surface area contributed by atoms with Crippen LogP contribution >= 0.6 is 12.4 Å². The van der Waals surface area contributed by atoms with Crippen LogP contribution in [0.15, 0.2) is 36.7 Å². The van der Waals surface area contributed by atoms with Gasteiger partial charge in [-0.25, -0.2) is 0 Å². The molecule has 162 valence electrons. The Kier molecular flexibility index (Phi) is 7.33. The average Bonchev–Trinajstić information content (AvgIpc) is 3.22. The lowest BCUT2D eigenvalue weighted by Gasteiger charge is -2.41. The predicted octanol–water partition coefficient (Wildman–Crippen LogP) is 1.40. The molecule has 2 saturated heterocycles. The minimum atomic E-state index is -0.0155. The number of benzene rings is 1. The number of hydrogen-bond donors (Lipinski definition) is 1. The summed E-state index contributed by atoms with van der Waals surface area (Å²) in [5.41, 5.74) is 1.67.